The molecule has 1 saturated heterocycles. The van der Waals surface area contributed by atoms with Crippen LogP contribution in [0.3, 0.4) is 0 Å². The van der Waals surface area contributed by atoms with Gasteiger partial charge >= 0.3 is 0 Å². The van der Waals surface area contributed by atoms with Crippen LogP contribution < -0.4 is 5.32 Å². The Morgan fingerprint density at radius 2 is 2.16 bits per heavy atom. The van der Waals surface area contributed by atoms with E-state index in [0.29, 0.717) is 24.9 Å². The fraction of sp³-hybridized carbons (Fsp3) is 0.316. The van der Waals surface area contributed by atoms with Crippen molar-refractivity contribution in [2.45, 2.75) is 25.4 Å². The summed E-state index contributed by atoms with van der Waals surface area (Å²) in [7, 11) is 1.66. The van der Waals surface area contributed by atoms with E-state index >= 15 is 0 Å². The highest BCUT2D eigenvalue weighted by atomic mass is 19.1. The molecule has 1 aromatic carbocycles. The lowest BCUT2D eigenvalue weighted by Crippen LogP contribution is -2.46. The number of benzene rings is 1. The zero-order valence-corrected chi connectivity index (χ0v) is 14.0. The number of amides is 2. The standard InChI is InChI=1S/C19H20FN3O2/c1-23-17(24)9-8-16(18(23)13-5-4-6-14(20)11-13)19(25)22-12-15-7-2-3-10-21-15/h2-7,10-11,16,18H,8-9,12H2,1H3,(H,22,25)/t16-,18-/m0/s1. The van der Waals surface area contributed by atoms with Crippen LogP contribution in [0.4, 0.5) is 4.39 Å². The number of piperidine rings is 1. The molecule has 0 radical (unpaired) electrons. The van der Waals surface area contributed by atoms with Gasteiger partial charge in [-0.15, -0.1) is 0 Å². The Hall–Kier alpha value is -2.76. The normalized spacial score (nSPS) is 20.4. The van der Waals surface area contributed by atoms with Gasteiger partial charge in [0.1, 0.15) is 5.82 Å². The minimum Gasteiger partial charge on any atom is -0.350 e. The summed E-state index contributed by atoms with van der Waals surface area (Å²) in [5, 5.41) is 2.89. The largest absolute Gasteiger partial charge is 0.350 e. The first-order valence-corrected chi connectivity index (χ1v) is 8.25. The second kappa shape index (κ2) is 7.42. The molecule has 0 unspecified atom stereocenters. The summed E-state index contributed by atoms with van der Waals surface area (Å²) in [5.41, 5.74) is 1.40. The lowest BCUT2D eigenvalue weighted by molar-refractivity contribution is -0.141. The maximum Gasteiger partial charge on any atom is 0.225 e. The van der Waals surface area contributed by atoms with Crippen LogP contribution in [0.25, 0.3) is 0 Å². The van der Waals surface area contributed by atoms with E-state index in [4.69, 9.17) is 0 Å². The second-order valence-corrected chi connectivity index (χ2v) is 6.19. The zero-order valence-electron chi connectivity index (χ0n) is 14.0. The third kappa shape index (κ3) is 3.84. The van der Waals surface area contributed by atoms with Gasteiger partial charge in [0, 0.05) is 19.7 Å². The summed E-state index contributed by atoms with van der Waals surface area (Å²) in [6, 6.07) is 11.1. The lowest BCUT2D eigenvalue weighted by Gasteiger charge is -2.38. The molecule has 2 atom stereocenters. The van der Waals surface area contributed by atoms with Crippen molar-refractivity contribution in [2.75, 3.05) is 7.05 Å². The Bertz CT molecular complexity index is 766. The molecule has 2 amide bonds. The number of likely N-dealkylation sites (tertiary alicyclic amines) is 1. The molecular weight excluding hydrogens is 321 g/mol. The smallest absolute Gasteiger partial charge is 0.225 e. The first kappa shape index (κ1) is 17.1. The molecule has 1 aliphatic rings. The van der Waals surface area contributed by atoms with Gasteiger partial charge in [-0.25, -0.2) is 4.39 Å². The van der Waals surface area contributed by atoms with E-state index in [0.717, 1.165) is 5.69 Å². The molecule has 1 N–H and O–H groups in total. The van der Waals surface area contributed by atoms with Gasteiger partial charge in [0.25, 0.3) is 0 Å². The number of hydrogen-bond acceptors (Lipinski definition) is 3. The van der Waals surface area contributed by atoms with E-state index in [-0.39, 0.29) is 17.6 Å². The quantitative estimate of drug-likeness (QED) is 0.929. The molecule has 5 nitrogen and oxygen atoms in total. The fourth-order valence-corrected chi connectivity index (χ4v) is 3.27. The predicted molar refractivity (Wildman–Crippen MR) is 90.7 cm³/mol. The van der Waals surface area contributed by atoms with Crippen LogP contribution in [0.1, 0.15) is 30.1 Å². The van der Waals surface area contributed by atoms with E-state index in [1.165, 1.54) is 12.1 Å². The molecule has 0 bridgehead atoms. The summed E-state index contributed by atoms with van der Waals surface area (Å²) >= 11 is 0. The van der Waals surface area contributed by atoms with Crippen molar-refractivity contribution in [1.29, 1.82) is 0 Å². The van der Waals surface area contributed by atoms with Crippen LogP contribution in [0.5, 0.6) is 0 Å². The average molecular weight is 341 g/mol. The predicted octanol–water partition coefficient (Wildman–Crippen LogP) is 2.45. The summed E-state index contributed by atoms with van der Waals surface area (Å²) in [6.07, 6.45) is 2.42. The van der Waals surface area contributed by atoms with E-state index in [9.17, 15) is 14.0 Å². The Morgan fingerprint density at radius 3 is 2.88 bits per heavy atom. The van der Waals surface area contributed by atoms with E-state index in [1.807, 2.05) is 18.2 Å². The Kier molecular flexibility index (Phi) is 5.07. The molecule has 0 saturated carbocycles. The molecule has 25 heavy (non-hydrogen) atoms. The van der Waals surface area contributed by atoms with Crippen molar-refractivity contribution in [3.8, 4) is 0 Å². The molecule has 1 aromatic heterocycles. The summed E-state index contributed by atoms with van der Waals surface area (Å²) in [6.45, 7) is 0.323. The Labute approximate surface area is 145 Å². The summed E-state index contributed by atoms with van der Waals surface area (Å²) < 4.78 is 13.6. The van der Waals surface area contributed by atoms with Gasteiger partial charge in [-0.2, -0.15) is 0 Å². The maximum atomic E-state index is 13.6. The van der Waals surface area contributed by atoms with Crippen LogP contribution in [-0.2, 0) is 16.1 Å². The Balaban J connectivity index is 1.79. The van der Waals surface area contributed by atoms with Gasteiger partial charge in [0.05, 0.1) is 24.2 Å². The third-order valence-corrected chi connectivity index (χ3v) is 4.56. The topological polar surface area (TPSA) is 62.3 Å². The summed E-state index contributed by atoms with van der Waals surface area (Å²) in [4.78, 5) is 30.6. The molecule has 0 aliphatic carbocycles. The number of carbonyl (C=O) groups is 2. The number of rotatable bonds is 4. The average Bonchev–Trinajstić information content (AvgIpc) is 2.62. The minimum absolute atomic E-state index is 0.0389. The highest BCUT2D eigenvalue weighted by Gasteiger charge is 2.38. The van der Waals surface area contributed by atoms with Gasteiger partial charge in [-0.1, -0.05) is 18.2 Å². The molecule has 130 valence electrons. The van der Waals surface area contributed by atoms with Crippen molar-refractivity contribution >= 4 is 11.8 Å². The number of nitrogens with one attached hydrogen (secondary N) is 1. The van der Waals surface area contributed by atoms with Crippen molar-refractivity contribution in [3.05, 3.63) is 65.7 Å². The highest BCUT2D eigenvalue weighted by molar-refractivity contribution is 5.84. The monoisotopic (exact) mass is 341 g/mol. The highest BCUT2D eigenvalue weighted by Crippen LogP contribution is 2.36. The number of nitrogens with zero attached hydrogens (tertiary/aromatic N) is 2. The Morgan fingerprint density at radius 1 is 1.32 bits per heavy atom. The molecule has 1 aliphatic heterocycles. The number of hydrogen-bond donors (Lipinski definition) is 1. The fourth-order valence-electron chi connectivity index (χ4n) is 3.27. The number of halogens is 1. The van der Waals surface area contributed by atoms with Crippen molar-refractivity contribution in [1.82, 2.24) is 15.2 Å². The van der Waals surface area contributed by atoms with Gasteiger partial charge < -0.3 is 10.2 Å². The SMILES string of the molecule is CN1C(=O)CC[C@H](C(=O)NCc2ccccn2)[C@@H]1c1cccc(F)c1. The first-order valence-electron chi connectivity index (χ1n) is 8.25. The van der Waals surface area contributed by atoms with E-state index in [2.05, 4.69) is 10.3 Å². The minimum atomic E-state index is -0.472. The van der Waals surface area contributed by atoms with Gasteiger partial charge in [-0.3, -0.25) is 14.6 Å². The van der Waals surface area contributed by atoms with Crippen LogP contribution >= 0.6 is 0 Å². The third-order valence-electron chi connectivity index (χ3n) is 4.56. The number of carbonyl (C=O) groups excluding carboxylic acids is 2. The molecule has 0 spiro atoms. The summed E-state index contributed by atoms with van der Waals surface area (Å²) in [5.74, 6) is -0.993. The van der Waals surface area contributed by atoms with Crippen LogP contribution in [0.15, 0.2) is 48.7 Å². The molecule has 1 fully saturated rings. The molecule has 2 heterocycles. The lowest BCUT2D eigenvalue weighted by atomic mass is 9.84. The first-order chi connectivity index (χ1) is 12.1. The van der Waals surface area contributed by atoms with Crippen molar-refractivity contribution in [2.24, 2.45) is 5.92 Å². The van der Waals surface area contributed by atoms with Gasteiger partial charge in [0.15, 0.2) is 0 Å². The maximum absolute atomic E-state index is 13.6. The van der Waals surface area contributed by atoms with Crippen LogP contribution in [0, 0.1) is 11.7 Å². The van der Waals surface area contributed by atoms with Gasteiger partial charge in [0.2, 0.25) is 11.8 Å². The number of aromatic nitrogens is 1. The molecule has 3 rings (SSSR count). The van der Waals surface area contributed by atoms with Gasteiger partial charge in [-0.05, 0) is 36.2 Å². The van der Waals surface area contributed by atoms with Crippen LogP contribution in [-0.4, -0.2) is 28.7 Å². The van der Waals surface area contributed by atoms with E-state index < -0.39 is 12.0 Å². The van der Waals surface area contributed by atoms with Crippen LogP contribution in [0.2, 0.25) is 0 Å². The molecule has 2 aromatic rings. The zero-order chi connectivity index (χ0) is 17.8. The van der Waals surface area contributed by atoms with Crippen molar-refractivity contribution < 1.29 is 14.0 Å². The van der Waals surface area contributed by atoms with E-state index in [1.54, 1.807) is 30.3 Å². The second-order valence-electron chi connectivity index (χ2n) is 6.19. The number of pyridine rings is 1. The molecular formula is C19H20FN3O2. The van der Waals surface area contributed by atoms with Crippen molar-refractivity contribution in [3.63, 3.8) is 0 Å². The molecule has 6 heteroatoms.